The smallest absolute Gasteiger partial charge is 0.191 e. The Bertz CT molecular complexity index is 571. The second-order valence-corrected chi connectivity index (χ2v) is 7.25. The van der Waals surface area contributed by atoms with Crippen LogP contribution < -0.4 is 10.6 Å². The van der Waals surface area contributed by atoms with E-state index in [1.165, 1.54) is 6.07 Å². The lowest BCUT2D eigenvalue weighted by molar-refractivity contribution is 0.0376. The molecule has 2 rings (SSSR count). The van der Waals surface area contributed by atoms with Crippen molar-refractivity contribution in [1.29, 1.82) is 0 Å². The summed E-state index contributed by atoms with van der Waals surface area (Å²) in [7, 11) is 0. The van der Waals surface area contributed by atoms with Crippen molar-refractivity contribution in [1.82, 2.24) is 15.5 Å². The highest BCUT2D eigenvalue weighted by Crippen LogP contribution is 2.16. The summed E-state index contributed by atoms with van der Waals surface area (Å²) >= 11 is 3.28. The Morgan fingerprint density at radius 1 is 1.26 bits per heavy atom. The van der Waals surface area contributed by atoms with Gasteiger partial charge in [0, 0.05) is 37.2 Å². The van der Waals surface area contributed by atoms with Gasteiger partial charge in [-0.05, 0) is 50.4 Å². The number of halogens is 3. The number of ether oxygens (including phenoxy) is 1. The Balaban J connectivity index is 0.00000364. The van der Waals surface area contributed by atoms with E-state index in [1.807, 2.05) is 12.1 Å². The molecule has 0 aromatic heterocycles. The number of nitrogens with one attached hydrogen (secondary N) is 2. The largest absolute Gasteiger partial charge is 0.379 e. The lowest BCUT2D eigenvalue weighted by Gasteiger charge is -2.26. The lowest BCUT2D eigenvalue weighted by atomic mass is 10.1. The van der Waals surface area contributed by atoms with Crippen LogP contribution in [0, 0.1) is 5.82 Å². The number of benzene rings is 1. The molecule has 0 bridgehead atoms. The van der Waals surface area contributed by atoms with Crippen LogP contribution in [0.15, 0.2) is 27.7 Å². The molecule has 27 heavy (non-hydrogen) atoms. The topological polar surface area (TPSA) is 48.9 Å². The summed E-state index contributed by atoms with van der Waals surface area (Å²) in [6.07, 6.45) is 2.59. The molecule has 2 N–H and O–H groups in total. The van der Waals surface area contributed by atoms with E-state index in [9.17, 15) is 4.39 Å². The van der Waals surface area contributed by atoms with Crippen LogP contribution in [-0.4, -0.2) is 63.3 Å². The van der Waals surface area contributed by atoms with E-state index in [-0.39, 0.29) is 29.8 Å². The summed E-state index contributed by atoms with van der Waals surface area (Å²) < 4.78 is 19.9. The van der Waals surface area contributed by atoms with Crippen LogP contribution in [0.5, 0.6) is 0 Å². The molecule has 0 radical (unpaired) electrons. The maximum absolute atomic E-state index is 13.8. The molecule has 0 unspecified atom stereocenters. The number of morpholine rings is 1. The van der Waals surface area contributed by atoms with E-state index in [1.54, 1.807) is 0 Å². The fraction of sp³-hybridized carbons (Fsp3) is 0.632. The van der Waals surface area contributed by atoms with Gasteiger partial charge in [0.1, 0.15) is 5.82 Å². The van der Waals surface area contributed by atoms with Gasteiger partial charge in [0.2, 0.25) is 0 Å². The highest BCUT2D eigenvalue weighted by Gasteiger charge is 2.09. The van der Waals surface area contributed by atoms with Gasteiger partial charge >= 0.3 is 0 Å². The summed E-state index contributed by atoms with van der Waals surface area (Å²) in [6.45, 7) is 9.28. The molecule has 0 spiro atoms. The Morgan fingerprint density at radius 2 is 2.04 bits per heavy atom. The first kappa shape index (κ1) is 24.6. The minimum atomic E-state index is -0.156. The Morgan fingerprint density at radius 3 is 2.74 bits per heavy atom. The van der Waals surface area contributed by atoms with Gasteiger partial charge < -0.3 is 15.4 Å². The summed E-state index contributed by atoms with van der Waals surface area (Å²) in [6, 6.07) is 5.22. The van der Waals surface area contributed by atoms with Crippen LogP contribution in [-0.2, 0) is 11.2 Å². The van der Waals surface area contributed by atoms with Crippen molar-refractivity contribution in [3.8, 4) is 0 Å². The van der Waals surface area contributed by atoms with Crippen molar-refractivity contribution >= 4 is 45.9 Å². The van der Waals surface area contributed by atoms with E-state index in [2.05, 4.69) is 43.4 Å². The first-order chi connectivity index (χ1) is 12.7. The molecule has 0 aliphatic carbocycles. The zero-order valence-electron chi connectivity index (χ0n) is 16.0. The molecule has 1 aliphatic rings. The number of hydrogen-bond donors (Lipinski definition) is 2. The van der Waals surface area contributed by atoms with E-state index < -0.39 is 0 Å². The third-order valence-corrected chi connectivity index (χ3v) is 4.77. The monoisotopic (exact) mass is 556 g/mol. The zero-order valence-corrected chi connectivity index (χ0v) is 19.9. The van der Waals surface area contributed by atoms with Crippen LogP contribution in [0.1, 0.15) is 25.3 Å². The lowest BCUT2D eigenvalue weighted by Crippen LogP contribution is -2.40. The molecule has 1 saturated heterocycles. The molecule has 0 amide bonds. The van der Waals surface area contributed by atoms with Crippen LogP contribution in [0.3, 0.4) is 0 Å². The van der Waals surface area contributed by atoms with Gasteiger partial charge in [-0.3, -0.25) is 9.89 Å². The van der Waals surface area contributed by atoms with Gasteiger partial charge in [0.15, 0.2) is 5.96 Å². The Hall–Kier alpha value is -0.450. The maximum Gasteiger partial charge on any atom is 0.191 e. The third-order valence-electron chi connectivity index (χ3n) is 4.28. The van der Waals surface area contributed by atoms with Gasteiger partial charge in [-0.25, -0.2) is 4.39 Å². The van der Waals surface area contributed by atoms with E-state index in [0.717, 1.165) is 74.8 Å². The molecule has 5 nitrogen and oxygen atoms in total. The number of nitrogens with zero attached hydrogens (tertiary/aromatic N) is 2. The molecular weight excluding hydrogens is 526 g/mol. The number of guanidine groups is 1. The predicted octanol–water partition coefficient (Wildman–Crippen LogP) is 3.42. The van der Waals surface area contributed by atoms with E-state index in [4.69, 9.17) is 4.74 Å². The van der Waals surface area contributed by atoms with Crippen LogP contribution in [0.2, 0.25) is 0 Å². The summed E-state index contributed by atoms with van der Waals surface area (Å²) in [5.74, 6) is 0.683. The average Bonchev–Trinajstić information content (AvgIpc) is 2.64. The first-order valence-electron chi connectivity index (χ1n) is 9.45. The maximum atomic E-state index is 13.8. The highest BCUT2D eigenvalue weighted by molar-refractivity contribution is 14.0. The van der Waals surface area contributed by atoms with Crippen LogP contribution >= 0.6 is 39.9 Å². The minimum Gasteiger partial charge on any atom is -0.379 e. The normalized spacial score (nSPS) is 15.3. The molecule has 1 fully saturated rings. The van der Waals surface area contributed by atoms with E-state index in [0.29, 0.717) is 13.0 Å². The standard InChI is InChI=1S/C19H30BrFN4O.HI/c1-2-22-19(24-9-4-10-25-11-13-26-14-12-25)23-8-3-5-16-6-7-17(20)15-18(16)21;/h6-7,15H,2-5,8-14H2,1H3,(H2,22,23,24);1H. The first-order valence-corrected chi connectivity index (χ1v) is 10.2. The summed E-state index contributed by atoms with van der Waals surface area (Å²) in [5.41, 5.74) is 0.742. The highest BCUT2D eigenvalue weighted by atomic mass is 127. The summed E-state index contributed by atoms with van der Waals surface area (Å²) in [5, 5.41) is 6.64. The predicted molar refractivity (Wildman–Crippen MR) is 124 cm³/mol. The second kappa shape index (κ2) is 14.5. The number of rotatable bonds is 9. The molecule has 8 heteroatoms. The van der Waals surface area contributed by atoms with Gasteiger partial charge in [0.05, 0.1) is 13.2 Å². The van der Waals surface area contributed by atoms with Crippen molar-refractivity contribution in [2.45, 2.75) is 26.2 Å². The molecular formula is C19H31BrFIN4O. The van der Waals surface area contributed by atoms with Gasteiger partial charge in [-0.2, -0.15) is 0 Å². The molecule has 1 aliphatic heterocycles. The molecule has 154 valence electrons. The van der Waals surface area contributed by atoms with Gasteiger partial charge in [-0.1, -0.05) is 22.0 Å². The third kappa shape index (κ3) is 10.0. The van der Waals surface area contributed by atoms with Crippen LogP contribution in [0.25, 0.3) is 0 Å². The number of aliphatic imine (C=N–C) groups is 1. The van der Waals surface area contributed by atoms with Crippen molar-refractivity contribution in [2.75, 3.05) is 52.5 Å². The fourth-order valence-corrected chi connectivity index (χ4v) is 3.19. The van der Waals surface area contributed by atoms with Crippen molar-refractivity contribution in [2.24, 2.45) is 4.99 Å². The average molecular weight is 557 g/mol. The Kier molecular flexibility index (Phi) is 13.2. The minimum absolute atomic E-state index is 0. The quantitative estimate of drug-likeness (QED) is 0.212. The number of aryl methyl sites for hydroxylation is 1. The second-order valence-electron chi connectivity index (χ2n) is 6.33. The van der Waals surface area contributed by atoms with Gasteiger partial charge in [-0.15, -0.1) is 24.0 Å². The van der Waals surface area contributed by atoms with Crippen molar-refractivity contribution < 1.29 is 9.13 Å². The van der Waals surface area contributed by atoms with Gasteiger partial charge in [0.25, 0.3) is 0 Å². The van der Waals surface area contributed by atoms with Crippen molar-refractivity contribution in [3.05, 3.63) is 34.1 Å². The van der Waals surface area contributed by atoms with Crippen molar-refractivity contribution in [3.63, 3.8) is 0 Å². The molecule has 1 aromatic rings. The molecule has 0 atom stereocenters. The zero-order chi connectivity index (χ0) is 18.6. The Labute approximate surface area is 187 Å². The number of hydrogen-bond acceptors (Lipinski definition) is 3. The van der Waals surface area contributed by atoms with Crippen LogP contribution in [0.4, 0.5) is 4.39 Å². The molecule has 1 heterocycles. The SMILES string of the molecule is CCNC(=NCCCc1ccc(Br)cc1F)NCCCN1CCOCC1.I. The molecule has 0 saturated carbocycles. The summed E-state index contributed by atoms with van der Waals surface area (Å²) in [4.78, 5) is 7.02. The molecule has 1 aromatic carbocycles. The fourth-order valence-electron chi connectivity index (χ4n) is 2.86. The van der Waals surface area contributed by atoms with E-state index >= 15 is 0 Å².